The third-order valence-electron chi connectivity index (χ3n) is 0.576. The van der Waals surface area contributed by atoms with E-state index in [0.717, 1.165) is 6.26 Å². The van der Waals surface area contributed by atoms with Gasteiger partial charge in [-0.15, -0.1) is 0 Å². The molecule has 0 aromatic heterocycles. The summed E-state index contributed by atoms with van der Waals surface area (Å²) in [4.78, 5) is 0. The van der Waals surface area contributed by atoms with E-state index in [2.05, 4.69) is 12.0 Å². The van der Waals surface area contributed by atoms with Gasteiger partial charge in [-0.25, -0.2) is 14.3 Å². The molecule has 6 heteroatoms. The van der Waals surface area contributed by atoms with Gasteiger partial charge in [-0.05, 0) is 4.52 Å². The van der Waals surface area contributed by atoms with Gasteiger partial charge in [0.2, 0.25) is 10.0 Å². The second-order valence-corrected chi connectivity index (χ2v) is 3.25. The van der Waals surface area contributed by atoms with Crippen LogP contribution in [0.4, 0.5) is 0 Å². The number of rotatable bonds is 3. The maximum absolute atomic E-state index is 10.4. The quantitative estimate of drug-likeness (QED) is 0.391. The molecule has 0 aliphatic carbocycles. The van der Waals surface area contributed by atoms with Crippen molar-refractivity contribution < 1.29 is 8.42 Å². The Kier molecular flexibility index (Phi) is 2.63. The highest BCUT2D eigenvalue weighted by atomic mass is 32.2. The molecular weight excluding hydrogens is 142 g/mol. The molecule has 0 rings (SSSR count). The molecule has 0 amide bonds. The van der Waals surface area contributed by atoms with E-state index in [0.29, 0.717) is 4.52 Å². The normalized spacial score (nSPS) is 11.4. The number of nitrogens with two attached hydrogens (primary N) is 1. The zero-order chi connectivity index (χ0) is 7.49. The lowest BCUT2D eigenvalue weighted by Gasteiger charge is -2.11. The fourth-order valence-electron chi connectivity index (χ4n) is 0.186. The molecule has 3 N–H and O–H groups in total. The summed E-state index contributed by atoms with van der Waals surface area (Å²) in [6.45, 7) is 3.22. The second kappa shape index (κ2) is 2.81. The molecule has 0 aliphatic heterocycles. The number of nitrogens with one attached hydrogen (secondary N) is 1. The molecule has 0 aromatic rings. The molecule has 54 valence electrons. The third kappa shape index (κ3) is 3.07. The first-order valence-corrected chi connectivity index (χ1v) is 3.95. The topological polar surface area (TPSA) is 75.4 Å². The summed E-state index contributed by atoms with van der Waals surface area (Å²) in [6, 6.07) is 0. The monoisotopic (exact) mass is 151 g/mol. The van der Waals surface area contributed by atoms with Gasteiger partial charge in [0.25, 0.3) is 0 Å². The lowest BCUT2D eigenvalue weighted by atomic mass is 11.1. The number of hydrogen-bond acceptors (Lipinski definition) is 4. The van der Waals surface area contributed by atoms with Gasteiger partial charge >= 0.3 is 0 Å². The van der Waals surface area contributed by atoms with Crippen molar-refractivity contribution >= 4 is 10.0 Å². The first-order chi connectivity index (χ1) is 3.98. The smallest absolute Gasteiger partial charge is 0.241 e. The summed E-state index contributed by atoms with van der Waals surface area (Å²) in [5, 5.41) is 0. The number of sulfonamides is 1. The Morgan fingerprint density at radius 3 is 2.33 bits per heavy atom. The molecule has 0 spiro atoms. The lowest BCUT2D eigenvalue weighted by molar-refractivity contribution is 0.378. The van der Waals surface area contributed by atoms with Crippen LogP contribution in [0.3, 0.4) is 0 Å². The Morgan fingerprint density at radius 1 is 1.78 bits per heavy atom. The van der Waals surface area contributed by atoms with Crippen LogP contribution in [-0.2, 0) is 10.0 Å². The minimum Gasteiger partial charge on any atom is -0.300 e. The van der Waals surface area contributed by atoms with E-state index in [9.17, 15) is 8.42 Å². The Balaban J connectivity index is 4.05. The first kappa shape index (κ1) is 8.41. The van der Waals surface area contributed by atoms with E-state index in [1.165, 1.54) is 6.20 Å². The number of hydrogen-bond donors (Lipinski definition) is 2. The van der Waals surface area contributed by atoms with Crippen LogP contribution in [0.25, 0.3) is 0 Å². The van der Waals surface area contributed by atoms with Crippen LogP contribution in [0.15, 0.2) is 12.8 Å². The number of nitrogens with zero attached hydrogens (tertiary/aromatic N) is 1. The molecule has 0 radical (unpaired) electrons. The van der Waals surface area contributed by atoms with Crippen molar-refractivity contribution in [2.75, 3.05) is 6.26 Å². The van der Waals surface area contributed by atoms with Crippen LogP contribution in [0.1, 0.15) is 0 Å². The van der Waals surface area contributed by atoms with Gasteiger partial charge in [0.1, 0.15) is 0 Å². The second-order valence-electron chi connectivity index (χ2n) is 1.39. The average Bonchev–Trinajstić information content (AvgIpc) is 1.64. The fraction of sp³-hybridized carbons (Fsp3) is 0.333. The SMILES string of the molecule is C=CNN(N)S(C)(=O)=O. The summed E-state index contributed by atoms with van der Waals surface area (Å²) >= 11 is 0. The Labute approximate surface area is 54.1 Å². The predicted octanol–water partition coefficient (Wildman–Crippen LogP) is -1.23. The highest BCUT2D eigenvalue weighted by Gasteiger charge is 2.07. The lowest BCUT2D eigenvalue weighted by Crippen LogP contribution is -2.44. The first-order valence-electron chi connectivity index (χ1n) is 2.10. The summed E-state index contributed by atoms with van der Waals surface area (Å²) in [5.74, 6) is 4.92. The molecule has 0 atom stereocenters. The van der Waals surface area contributed by atoms with Crippen molar-refractivity contribution in [1.29, 1.82) is 0 Å². The molecule has 0 aromatic carbocycles. The summed E-state index contributed by atoms with van der Waals surface area (Å²) in [7, 11) is -3.34. The van der Waals surface area contributed by atoms with Gasteiger partial charge in [-0.2, -0.15) is 0 Å². The zero-order valence-electron chi connectivity index (χ0n) is 5.03. The maximum atomic E-state index is 10.4. The van der Waals surface area contributed by atoms with E-state index >= 15 is 0 Å². The van der Waals surface area contributed by atoms with Crippen molar-refractivity contribution in [3.8, 4) is 0 Å². The standard InChI is InChI=1S/C3H9N3O2S/c1-3-5-6(4)9(2,7)8/h3,5H,1,4H2,2H3. The van der Waals surface area contributed by atoms with Gasteiger partial charge < -0.3 is 0 Å². The Morgan fingerprint density at radius 2 is 2.22 bits per heavy atom. The van der Waals surface area contributed by atoms with Gasteiger partial charge in [0, 0.05) is 6.20 Å². The van der Waals surface area contributed by atoms with Crippen molar-refractivity contribution in [3.63, 3.8) is 0 Å². The van der Waals surface area contributed by atoms with Gasteiger partial charge in [-0.1, -0.05) is 6.58 Å². The zero-order valence-corrected chi connectivity index (χ0v) is 5.85. The van der Waals surface area contributed by atoms with Gasteiger partial charge in [0.15, 0.2) is 0 Å². The Hall–Kier alpha value is -0.590. The molecular formula is C3H9N3O2S. The molecule has 0 heterocycles. The highest BCUT2D eigenvalue weighted by molar-refractivity contribution is 7.88. The van der Waals surface area contributed by atoms with Crippen molar-refractivity contribution in [3.05, 3.63) is 12.8 Å². The summed E-state index contributed by atoms with van der Waals surface area (Å²) in [6.07, 6.45) is 2.14. The third-order valence-corrected chi connectivity index (χ3v) is 1.40. The molecule has 9 heavy (non-hydrogen) atoms. The van der Waals surface area contributed by atoms with E-state index in [1.54, 1.807) is 0 Å². The summed E-state index contributed by atoms with van der Waals surface area (Å²) < 4.78 is 21.3. The molecule has 0 saturated heterocycles. The number of hydrazine groups is 2. The van der Waals surface area contributed by atoms with Crippen LogP contribution in [0.5, 0.6) is 0 Å². The minimum absolute atomic E-state index is 0.472. The largest absolute Gasteiger partial charge is 0.300 e. The van der Waals surface area contributed by atoms with E-state index in [-0.39, 0.29) is 0 Å². The van der Waals surface area contributed by atoms with Gasteiger partial charge in [-0.3, -0.25) is 5.43 Å². The van der Waals surface area contributed by atoms with Crippen LogP contribution < -0.4 is 11.3 Å². The van der Waals surface area contributed by atoms with Gasteiger partial charge in [0.05, 0.1) is 6.26 Å². The van der Waals surface area contributed by atoms with Crippen LogP contribution in [0.2, 0.25) is 0 Å². The molecule has 0 aliphatic rings. The van der Waals surface area contributed by atoms with E-state index in [1.807, 2.05) is 0 Å². The van der Waals surface area contributed by atoms with Crippen LogP contribution in [0, 0.1) is 0 Å². The fourth-order valence-corrected chi connectivity index (χ4v) is 0.452. The molecule has 0 fully saturated rings. The summed E-state index contributed by atoms with van der Waals surface area (Å²) in [5.41, 5.74) is 2.17. The van der Waals surface area contributed by atoms with E-state index in [4.69, 9.17) is 5.84 Å². The van der Waals surface area contributed by atoms with E-state index < -0.39 is 10.0 Å². The van der Waals surface area contributed by atoms with Crippen molar-refractivity contribution in [2.45, 2.75) is 0 Å². The molecule has 0 saturated carbocycles. The minimum atomic E-state index is -3.34. The molecule has 0 unspecified atom stereocenters. The molecule has 0 bridgehead atoms. The maximum Gasteiger partial charge on any atom is 0.241 e. The van der Waals surface area contributed by atoms with Crippen molar-refractivity contribution in [1.82, 2.24) is 9.95 Å². The van der Waals surface area contributed by atoms with Crippen molar-refractivity contribution in [2.24, 2.45) is 5.84 Å². The Bertz CT molecular complexity index is 185. The highest BCUT2D eigenvalue weighted by Crippen LogP contribution is 1.80. The molecule has 5 nitrogen and oxygen atoms in total. The van der Waals surface area contributed by atoms with Crippen LogP contribution in [-0.4, -0.2) is 19.2 Å². The average molecular weight is 151 g/mol. The predicted molar refractivity (Wildman–Crippen MR) is 34.2 cm³/mol. The van der Waals surface area contributed by atoms with Crippen LogP contribution >= 0.6 is 0 Å².